The minimum atomic E-state index is -1.56. The van der Waals surface area contributed by atoms with Crippen molar-refractivity contribution in [2.24, 2.45) is 11.3 Å². The Bertz CT molecular complexity index is 1310. The molecule has 4 rings (SSSR count). The molecule has 2 heterocycles. The fourth-order valence-electron chi connectivity index (χ4n) is 7.19. The van der Waals surface area contributed by atoms with Gasteiger partial charge in [0.1, 0.15) is 12.2 Å². The number of esters is 6. The quantitative estimate of drug-likeness (QED) is 0.193. The van der Waals surface area contributed by atoms with E-state index in [2.05, 4.69) is 0 Å². The molecule has 0 saturated carbocycles. The lowest BCUT2D eigenvalue weighted by Crippen LogP contribution is -2.66. The van der Waals surface area contributed by atoms with Crippen molar-refractivity contribution in [3.8, 4) is 0 Å². The summed E-state index contributed by atoms with van der Waals surface area (Å²) >= 11 is 0. The number of ether oxygens (including phenoxy) is 7. The highest BCUT2D eigenvalue weighted by Gasteiger charge is 2.87. The maximum atomic E-state index is 13.2. The molecule has 0 aromatic rings. The van der Waals surface area contributed by atoms with Gasteiger partial charge in [0, 0.05) is 47.0 Å². The van der Waals surface area contributed by atoms with E-state index in [4.69, 9.17) is 33.2 Å². The highest BCUT2D eigenvalue weighted by atomic mass is 16.7. The Morgan fingerprint density at radius 3 is 1.81 bits per heavy atom. The van der Waals surface area contributed by atoms with Crippen molar-refractivity contribution in [3.63, 3.8) is 0 Å². The van der Waals surface area contributed by atoms with Crippen LogP contribution in [0.5, 0.6) is 0 Å². The third-order valence-corrected chi connectivity index (χ3v) is 8.92. The van der Waals surface area contributed by atoms with Crippen LogP contribution in [0.3, 0.4) is 0 Å². The summed E-state index contributed by atoms with van der Waals surface area (Å²) in [4.78, 5) is 76.2. The first-order valence-electron chi connectivity index (χ1n) is 14.0. The number of epoxide rings is 1. The Morgan fingerprint density at radius 1 is 0.767 bits per heavy atom. The van der Waals surface area contributed by atoms with Gasteiger partial charge in [-0.2, -0.15) is 0 Å². The van der Waals surface area contributed by atoms with Crippen molar-refractivity contribution in [3.05, 3.63) is 23.3 Å². The molecule has 4 aliphatic rings. The zero-order valence-corrected chi connectivity index (χ0v) is 25.7. The number of hydrogen-bond donors (Lipinski definition) is 0. The monoisotopic (exact) mass is 606 g/mol. The van der Waals surface area contributed by atoms with E-state index < -0.39 is 95.0 Å². The van der Waals surface area contributed by atoms with E-state index in [-0.39, 0.29) is 12.0 Å². The molecule has 2 aliphatic carbocycles. The molecular formula is C30H38O13. The molecule has 2 aliphatic heterocycles. The first kappa shape index (κ1) is 32.2. The lowest BCUT2D eigenvalue weighted by Gasteiger charge is -2.54. The van der Waals surface area contributed by atoms with Gasteiger partial charge in [-0.1, -0.05) is 18.6 Å². The Hall–Kier alpha value is -3.74. The zero-order chi connectivity index (χ0) is 32.2. The smallest absolute Gasteiger partial charge is 0.342 e. The number of carbonyl (C=O) groups is 6. The summed E-state index contributed by atoms with van der Waals surface area (Å²) in [5, 5.41) is 0. The first-order valence-corrected chi connectivity index (χ1v) is 14.0. The maximum absolute atomic E-state index is 13.2. The second-order valence-corrected chi connectivity index (χ2v) is 12.0. The molecule has 1 spiro atoms. The van der Waals surface area contributed by atoms with Gasteiger partial charge in [-0.15, -0.1) is 0 Å². The fraction of sp³-hybridized carbons (Fsp3) is 0.667. The van der Waals surface area contributed by atoms with Gasteiger partial charge in [0.25, 0.3) is 0 Å². The summed E-state index contributed by atoms with van der Waals surface area (Å²) < 4.78 is 41.2. The van der Waals surface area contributed by atoms with Gasteiger partial charge >= 0.3 is 35.8 Å². The third-order valence-electron chi connectivity index (χ3n) is 8.92. The summed E-state index contributed by atoms with van der Waals surface area (Å²) in [6, 6.07) is 0. The number of hydrogen-bond acceptors (Lipinski definition) is 13. The lowest BCUT2D eigenvalue weighted by atomic mass is 9.56. The van der Waals surface area contributed by atoms with Crippen LogP contribution in [0.25, 0.3) is 0 Å². The summed E-state index contributed by atoms with van der Waals surface area (Å²) in [5.41, 5.74) is -3.74. The molecule has 2 saturated heterocycles. The Labute approximate surface area is 249 Å². The van der Waals surface area contributed by atoms with E-state index in [0.717, 1.165) is 20.8 Å². The van der Waals surface area contributed by atoms with Crippen LogP contribution in [-0.2, 0) is 61.9 Å². The molecule has 0 bridgehead atoms. The molecule has 0 N–H and O–H groups in total. The average molecular weight is 607 g/mol. The standard InChI is InChI=1S/C30H38O13/c1-13-10-11-20(37-15(3)31)28(8)22(13)25(40-18(6)34)30-21(42-27(36)29(30,9)43-30)12-14(2)23(38-16(4)32)24(39-17(5)33)26(28)41-19(7)35/h10,12,20-26H,11H2,1-9H3/b14-12-/t20-,21-,22+,23?,24+,25-,26-,28-,29-,30?/m0/s1. The van der Waals surface area contributed by atoms with E-state index in [1.54, 1.807) is 26.8 Å². The van der Waals surface area contributed by atoms with Gasteiger partial charge in [-0.25, -0.2) is 4.79 Å². The highest BCUT2D eigenvalue weighted by Crippen LogP contribution is 2.65. The Morgan fingerprint density at radius 2 is 1.30 bits per heavy atom. The van der Waals surface area contributed by atoms with Crippen molar-refractivity contribution in [2.75, 3.05) is 0 Å². The third kappa shape index (κ3) is 5.21. The van der Waals surface area contributed by atoms with Gasteiger partial charge in [0.05, 0.1) is 5.41 Å². The molecule has 13 nitrogen and oxygen atoms in total. The normalized spacial score (nSPS) is 40.9. The predicted molar refractivity (Wildman–Crippen MR) is 144 cm³/mol. The minimum absolute atomic E-state index is 0.146. The molecule has 236 valence electrons. The van der Waals surface area contributed by atoms with Gasteiger partial charge in [0.2, 0.25) is 0 Å². The Kier molecular flexibility index (Phi) is 8.29. The highest BCUT2D eigenvalue weighted by molar-refractivity contribution is 5.89. The molecule has 0 aromatic heterocycles. The second kappa shape index (κ2) is 11.1. The molecule has 0 amide bonds. The van der Waals surface area contributed by atoms with E-state index in [1.165, 1.54) is 26.8 Å². The Balaban J connectivity index is 2.14. The average Bonchev–Trinajstić information content (AvgIpc) is 3.46. The molecular weight excluding hydrogens is 568 g/mol. The zero-order valence-electron chi connectivity index (χ0n) is 25.7. The van der Waals surface area contributed by atoms with Crippen LogP contribution >= 0.6 is 0 Å². The van der Waals surface area contributed by atoms with Crippen molar-refractivity contribution in [2.45, 2.75) is 117 Å². The lowest BCUT2D eigenvalue weighted by molar-refractivity contribution is -0.223. The molecule has 2 fully saturated rings. The van der Waals surface area contributed by atoms with Gasteiger partial charge in [-0.3, -0.25) is 24.0 Å². The summed E-state index contributed by atoms with van der Waals surface area (Å²) in [6.45, 7) is 12.4. The van der Waals surface area contributed by atoms with Gasteiger partial charge in [0.15, 0.2) is 35.6 Å². The van der Waals surface area contributed by atoms with E-state index >= 15 is 0 Å². The van der Waals surface area contributed by atoms with Crippen molar-refractivity contribution >= 4 is 35.8 Å². The van der Waals surface area contributed by atoms with Crippen molar-refractivity contribution in [1.82, 2.24) is 0 Å². The predicted octanol–water partition coefficient (Wildman–Crippen LogP) is 2.03. The van der Waals surface area contributed by atoms with Crippen LogP contribution in [0, 0.1) is 11.3 Å². The van der Waals surface area contributed by atoms with Crippen LogP contribution in [-0.4, -0.2) is 83.6 Å². The molecule has 2 unspecified atom stereocenters. The van der Waals surface area contributed by atoms with Crippen LogP contribution in [0.4, 0.5) is 0 Å². The topological polar surface area (TPSA) is 170 Å². The van der Waals surface area contributed by atoms with E-state index in [1.807, 2.05) is 0 Å². The van der Waals surface area contributed by atoms with Crippen molar-refractivity contribution in [1.29, 1.82) is 0 Å². The SMILES string of the molecule is CC(=O)OC1/C(C)=C\[C@@H]2OC(=O)[C@]3(C)OC23[C@@H](OC(C)=O)[C@H]2C(C)=CC[C@H](OC(C)=O)[C@]2(C)[C@@H](OC(C)=O)[C@@H]1OC(C)=O. The number of rotatable bonds is 5. The molecule has 13 heteroatoms. The van der Waals surface area contributed by atoms with Crippen LogP contribution in [0.15, 0.2) is 23.3 Å². The largest absolute Gasteiger partial charge is 0.461 e. The maximum Gasteiger partial charge on any atom is 0.342 e. The fourth-order valence-corrected chi connectivity index (χ4v) is 7.19. The number of fused-ring (bicyclic) bond motifs is 1. The van der Waals surface area contributed by atoms with Crippen LogP contribution < -0.4 is 0 Å². The second-order valence-electron chi connectivity index (χ2n) is 12.0. The van der Waals surface area contributed by atoms with Gasteiger partial charge < -0.3 is 33.2 Å². The van der Waals surface area contributed by atoms with E-state index in [9.17, 15) is 28.8 Å². The molecule has 43 heavy (non-hydrogen) atoms. The first-order chi connectivity index (χ1) is 19.9. The minimum Gasteiger partial charge on any atom is -0.461 e. The summed E-state index contributed by atoms with van der Waals surface area (Å²) in [7, 11) is 0. The summed E-state index contributed by atoms with van der Waals surface area (Å²) in [5.74, 6) is -5.32. The molecule has 0 aromatic carbocycles. The summed E-state index contributed by atoms with van der Waals surface area (Å²) in [6.07, 6.45) is -4.28. The molecule has 10 atom stereocenters. The van der Waals surface area contributed by atoms with Crippen molar-refractivity contribution < 1.29 is 61.9 Å². The van der Waals surface area contributed by atoms with Gasteiger partial charge in [-0.05, 0) is 32.4 Å². The molecule has 0 radical (unpaired) electrons. The van der Waals surface area contributed by atoms with Crippen LogP contribution in [0.1, 0.15) is 68.7 Å². The van der Waals surface area contributed by atoms with E-state index in [0.29, 0.717) is 5.57 Å². The van der Waals surface area contributed by atoms with Crippen LogP contribution in [0.2, 0.25) is 0 Å². The number of carbonyl (C=O) groups excluding carboxylic acids is 6.